The molecular formula is C11H9N3O3S. The molecule has 0 bridgehead atoms. The molecule has 6 nitrogen and oxygen atoms in total. The Bertz CT molecular complexity index is 542. The van der Waals surface area contributed by atoms with Gasteiger partial charge in [-0.3, -0.25) is 4.79 Å². The molecule has 1 heterocycles. The number of carbonyl (C=O) groups is 2. The lowest BCUT2D eigenvalue weighted by Crippen LogP contribution is -2.33. The molecule has 0 aliphatic carbocycles. The molecule has 0 aliphatic rings. The Morgan fingerprint density at radius 2 is 2.00 bits per heavy atom. The minimum absolute atomic E-state index is 0.275. The predicted octanol–water partition coefficient (Wildman–Crippen LogP) is 1.09. The first kappa shape index (κ1) is 12.2. The molecule has 1 aromatic heterocycles. The fraction of sp³-hybridized carbons (Fsp3) is 0.0909. The average Bonchev–Trinajstić information content (AvgIpc) is 2.90. The second-order valence-corrected chi connectivity index (χ2v) is 4.22. The summed E-state index contributed by atoms with van der Waals surface area (Å²) in [6.07, 6.45) is 1.30. The number of rotatable bonds is 4. The van der Waals surface area contributed by atoms with Crippen LogP contribution < -0.4 is 5.32 Å². The number of nitrogens with one attached hydrogen (secondary N) is 1. The van der Waals surface area contributed by atoms with Crippen molar-refractivity contribution in [2.45, 2.75) is 6.04 Å². The molecule has 1 atom stereocenters. The van der Waals surface area contributed by atoms with Crippen molar-refractivity contribution in [3.63, 3.8) is 0 Å². The average molecular weight is 263 g/mol. The van der Waals surface area contributed by atoms with Crippen LogP contribution in [0.25, 0.3) is 0 Å². The van der Waals surface area contributed by atoms with E-state index >= 15 is 0 Å². The van der Waals surface area contributed by atoms with Crippen LogP contribution >= 0.6 is 11.5 Å². The van der Waals surface area contributed by atoms with Gasteiger partial charge in [0.15, 0.2) is 6.04 Å². The standard InChI is InChI=1S/C11H9N3O3S/c15-10(8-6-12-14-18-8)13-9(11(16)17)7-4-2-1-3-5-7/h1-6,9H,(H,13,15)(H,16,17)/t9-/m0/s1. The third kappa shape index (κ3) is 2.69. The minimum Gasteiger partial charge on any atom is -0.479 e. The fourth-order valence-corrected chi connectivity index (χ4v) is 1.82. The number of carboxylic acids is 1. The van der Waals surface area contributed by atoms with Crippen molar-refractivity contribution in [1.29, 1.82) is 0 Å². The summed E-state index contributed by atoms with van der Waals surface area (Å²) in [5.41, 5.74) is 0.510. The number of hydrogen-bond donors (Lipinski definition) is 2. The van der Waals surface area contributed by atoms with E-state index in [1.165, 1.54) is 6.20 Å². The second-order valence-electron chi connectivity index (χ2n) is 3.44. The van der Waals surface area contributed by atoms with E-state index < -0.39 is 17.9 Å². The quantitative estimate of drug-likeness (QED) is 0.861. The lowest BCUT2D eigenvalue weighted by atomic mass is 10.1. The lowest BCUT2D eigenvalue weighted by molar-refractivity contribution is -0.139. The van der Waals surface area contributed by atoms with Crippen molar-refractivity contribution in [2.24, 2.45) is 0 Å². The van der Waals surface area contributed by atoms with E-state index in [4.69, 9.17) is 5.11 Å². The van der Waals surface area contributed by atoms with Crippen LogP contribution in [-0.2, 0) is 4.79 Å². The molecule has 1 amide bonds. The number of nitrogens with zero attached hydrogens (tertiary/aromatic N) is 2. The molecule has 0 spiro atoms. The van der Waals surface area contributed by atoms with Gasteiger partial charge in [-0.1, -0.05) is 34.8 Å². The minimum atomic E-state index is -1.12. The lowest BCUT2D eigenvalue weighted by Gasteiger charge is -2.13. The molecule has 0 saturated carbocycles. The SMILES string of the molecule is O=C(N[C@H](C(=O)O)c1ccccc1)c1cnns1. The highest BCUT2D eigenvalue weighted by molar-refractivity contribution is 7.07. The van der Waals surface area contributed by atoms with E-state index in [-0.39, 0.29) is 4.88 Å². The molecular weight excluding hydrogens is 254 g/mol. The highest BCUT2D eigenvalue weighted by atomic mass is 32.1. The van der Waals surface area contributed by atoms with Crippen molar-refractivity contribution >= 4 is 23.4 Å². The van der Waals surface area contributed by atoms with Gasteiger partial charge in [0.05, 0.1) is 6.20 Å². The summed E-state index contributed by atoms with van der Waals surface area (Å²) < 4.78 is 3.55. The zero-order chi connectivity index (χ0) is 13.0. The van der Waals surface area contributed by atoms with Crippen molar-refractivity contribution in [2.75, 3.05) is 0 Å². The monoisotopic (exact) mass is 263 g/mol. The molecule has 2 rings (SSSR count). The molecule has 1 aromatic carbocycles. The molecule has 18 heavy (non-hydrogen) atoms. The summed E-state index contributed by atoms with van der Waals surface area (Å²) in [5.74, 6) is -1.62. The Balaban J connectivity index is 2.18. The third-order valence-corrected chi connectivity index (χ3v) is 2.90. The number of aromatic nitrogens is 2. The van der Waals surface area contributed by atoms with E-state index in [1.807, 2.05) is 0 Å². The third-order valence-electron chi connectivity index (χ3n) is 2.24. The Morgan fingerprint density at radius 3 is 2.56 bits per heavy atom. The van der Waals surface area contributed by atoms with Gasteiger partial charge in [-0.25, -0.2) is 4.79 Å². The molecule has 2 aromatic rings. The molecule has 2 N–H and O–H groups in total. The smallest absolute Gasteiger partial charge is 0.330 e. The number of hydrogen-bond acceptors (Lipinski definition) is 5. The maximum atomic E-state index is 11.7. The highest BCUT2D eigenvalue weighted by Gasteiger charge is 2.23. The summed E-state index contributed by atoms with van der Waals surface area (Å²) in [4.78, 5) is 23.2. The van der Waals surface area contributed by atoms with Crippen LogP contribution in [-0.4, -0.2) is 26.6 Å². The van der Waals surface area contributed by atoms with Gasteiger partial charge in [0.2, 0.25) is 0 Å². The van der Waals surface area contributed by atoms with Crippen LogP contribution in [0.4, 0.5) is 0 Å². The van der Waals surface area contributed by atoms with Gasteiger partial charge in [-0.2, -0.15) is 0 Å². The number of amides is 1. The van der Waals surface area contributed by atoms with Gasteiger partial charge in [0, 0.05) is 0 Å². The summed E-state index contributed by atoms with van der Waals surface area (Å²) in [6, 6.07) is 7.41. The maximum Gasteiger partial charge on any atom is 0.330 e. The molecule has 0 radical (unpaired) electrons. The van der Waals surface area contributed by atoms with Crippen LogP contribution in [0, 0.1) is 0 Å². The fourth-order valence-electron chi connectivity index (χ4n) is 1.40. The number of aliphatic carboxylic acids is 1. The topological polar surface area (TPSA) is 92.2 Å². The summed E-state index contributed by atoms with van der Waals surface area (Å²) in [7, 11) is 0. The van der Waals surface area contributed by atoms with E-state index in [0.717, 1.165) is 11.5 Å². The van der Waals surface area contributed by atoms with Crippen LogP contribution in [0.2, 0.25) is 0 Å². The Hall–Kier alpha value is -2.28. The van der Waals surface area contributed by atoms with E-state index in [1.54, 1.807) is 30.3 Å². The summed E-state index contributed by atoms with van der Waals surface area (Å²) in [5, 5.41) is 15.1. The number of benzene rings is 1. The normalized spacial score (nSPS) is 11.8. The zero-order valence-electron chi connectivity index (χ0n) is 9.11. The Kier molecular flexibility index (Phi) is 3.63. The van der Waals surface area contributed by atoms with Crippen LogP contribution in [0.5, 0.6) is 0 Å². The van der Waals surface area contributed by atoms with Crippen molar-refractivity contribution in [3.05, 3.63) is 47.0 Å². The first-order chi connectivity index (χ1) is 8.68. The van der Waals surface area contributed by atoms with Gasteiger partial charge >= 0.3 is 5.97 Å². The molecule has 0 aliphatic heterocycles. The van der Waals surface area contributed by atoms with Crippen LogP contribution in [0.1, 0.15) is 21.3 Å². The molecule has 0 saturated heterocycles. The van der Waals surface area contributed by atoms with Gasteiger partial charge in [-0.05, 0) is 17.1 Å². The van der Waals surface area contributed by atoms with E-state index in [9.17, 15) is 9.59 Å². The van der Waals surface area contributed by atoms with Gasteiger partial charge < -0.3 is 10.4 Å². The first-order valence-corrected chi connectivity index (χ1v) is 5.82. The number of carboxylic acid groups (broad SMARTS) is 1. The molecule has 0 unspecified atom stereocenters. The predicted molar refractivity (Wildman–Crippen MR) is 64.2 cm³/mol. The molecule has 7 heteroatoms. The maximum absolute atomic E-state index is 11.7. The molecule has 0 fully saturated rings. The Labute approximate surface area is 106 Å². The molecule has 92 valence electrons. The van der Waals surface area contributed by atoms with Crippen molar-refractivity contribution in [3.8, 4) is 0 Å². The summed E-state index contributed by atoms with van der Waals surface area (Å²) in [6.45, 7) is 0. The van der Waals surface area contributed by atoms with Gasteiger partial charge in [0.25, 0.3) is 5.91 Å². The van der Waals surface area contributed by atoms with Crippen molar-refractivity contribution < 1.29 is 14.7 Å². The van der Waals surface area contributed by atoms with Gasteiger partial charge in [0.1, 0.15) is 4.88 Å². The van der Waals surface area contributed by atoms with Gasteiger partial charge in [-0.15, -0.1) is 5.10 Å². The summed E-state index contributed by atoms with van der Waals surface area (Å²) >= 11 is 0.914. The van der Waals surface area contributed by atoms with E-state index in [2.05, 4.69) is 14.9 Å². The highest BCUT2D eigenvalue weighted by Crippen LogP contribution is 2.14. The van der Waals surface area contributed by atoms with E-state index in [0.29, 0.717) is 5.56 Å². The second kappa shape index (κ2) is 5.37. The largest absolute Gasteiger partial charge is 0.479 e. The zero-order valence-corrected chi connectivity index (χ0v) is 9.92. The Morgan fingerprint density at radius 1 is 1.28 bits per heavy atom. The van der Waals surface area contributed by atoms with Crippen molar-refractivity contribution in [1.82, 2.24) is 14.9 Å². The van der Waals surface area contributed by atoms with Crippen LogP contribution in [0.15, 0.2) is 36.5 Å². The first-order valence-electron chi connectivity index (χ1n) is 5.04. The van der Waals surface area contributed by atoms with Crippen LogP contribution in [0.3, 0.4) is 0 Å². The number of carbonyl (C=O) groups excluding carboxylic acids is 1.